The van der Waals surface area contributed by atoms with Gasteiger partial charge in [0.2, 0.25) is 11.8 Å². The van der Waals surface area contributed by atoms with Gasteiger partial charge in [-0.15, -0.1) is 6.58 Å². The molecule has 3 rings (SSSR count). The minimum atomic E-state index is -1.04. The fourth-order valence-electron chi connectivity index (χ4n) is 6.64. The monoisotopic (exact) mass is 504 g/mol. The van der Waals surface area contributed by atoms with Crippen molar-refractivity contribution in [3.63, 3.8) is 0 Å². The van der Waals surface area contributed by atoms with E-state index in [4.69, 9.17) is 14.6 Å². The highest BCUT2D eigenvalue weighted by molar-refractivity contribution is 5.98. The van der Waals surface area contributed by atoms with Crippen LogP contribution < -0.4 is 0 Å². The molecule has 1 N–H and O–H groups in total. The summed E-state index contributed by atoms with van der Waals surface area (Å²) in [6.45, 7) is 14.5. The lowest BCUT2D eigenvalue weighted by Gasteiger charge is -2.39. The van der Waals surface area contributed by atoms with Crippen LogP contribution in [-0.4, -0.2) is 82.3 Å². The van der Waals surface area contributed by atoms with Crippen molar-refractivity contribution in [2.45, 2.75) is 95.4 Å². The first-order valence-electron chi connectivity index (χ1n) is 13.5. The highest BCUT2D eigenvalue weighted by atomic mass is 16.6. The number of rotatable bonds is 15. The van der Waals surface area contributed by atoms with E-state index >= 15 is 0 Å². The van der Waals surface area contributed by atoms with E-state index in [1.54, 1.807) is 11.0 Å². The predicted octanol–water partition coefficient (Wildman–Crippen LogP) is 3.24. The highest BCUT2D eigenvalue weighted by Crippen LogP contribution is 2.63. The average molecular weight is 505 g/mol. The Morgan fingerprint density at radius 2 is 1.97 bits per heavy atom. The van der Waals surface area contributed by atoms with E-state index in [0.717, 1.165) is 25.7 Å². The molecule has 0 aliphatic carbocycles. The van der Waals surface area contributed by atoms with E-state index in [9.17, 15) is 14.4 Å². The third-order valence-electron chi connectivity index (χ3n) is 8.26. The normalized spacial score (nSPS) is 31.3. The van der Waals surface area contributed by atoms with Crippen molar-refractivity contribution < 1.29 is 29.0 Å². The predicted molar refractivity (Wildman–Crippen MR) is 137 cm³/mol. The van der Waals surface area contributed by atoms with Crippen LogP contribution in [-0.2, 0) is 23.9 Å². The fraction of sp³-hybridized carbons (Fsp3) is 0.750. The maximum Gasteiger partial charge on any atom is 0.313 e. The number of amides is 2. The molecule has 36 heavy (non-hydrogen) atoms. The molecular formula is C28H44N2O6. The Morgan fingerprint density at radius 3 is 2.61 bits per heavy atom. The van der Waals surface area contributed by atoms with Crippen LogP contribution in [0, 0.1) is 11.8 Å². The Labute approximate surface area is 215 Å². The number of fused-ring (bicyclic) bond motifs is 1. The molecule has 0 aromatic rings. The van der Waals surface area contributed by atoms with Gasteiger partial charge in [0.15, 0.2) is 0 Å². The molecule has 1 spiro atoms. The van der Waals surface area contributed by atoms with Crippen molar-refractivity contribution in [1.82, 2.24) is 9.80 Å². The number of hydrogen-bond donors (Lipinski definition) is 1. The van der Waals surface area contributed by atoms with E-state index in [1.165, 1.54) is 6.08 Å². The van der Waals surface area contributed by atoms with Crippen LogP contribution in [0.1, 0.15) is 72.1 Å². The minimum Gasteiger partial charge on any atom is -0.461 e. The second kappa shape index (κ2) is 11.9. The number of carbonyl (C=O) groups is 3. The van der Waals surface area contributed by atoms with Crippen molar-refractivity contribution in [2.75, 3.05) is 26.3 Å². The summed E-state index contributed by atoms with van der Waals surface area (Å²) in [5, 5.41) is 9.10. The standard InChI is InChI=1S/C28H44N2O6/c1-6-13-20(4)29(16-7-2)25(33)23-28-15-14-27(5,36-28)22(26(34)35-19-8-3)21(28)24(32)30(23)17-11-9-10-12-18-31/h7-8,20-23,31H,2-3,6,9-19H2,1,4-5H3/t20?,21-,22-,23?,27+,28?/m0/s1. The lowest BCUT2D eigenvalue weighted by atomic mass is 9.66. The summed E-state index contributed by atoms with van der Waals surface area (Å²) < 4.78 is 12.1. The smallest absolute Gasteiger partial charge is 0.313 e. The average Bonchev–Trinajstić information content (AvgIpc) is 3.41. The van der Waals surface area contributed by atoms with Crippen molar-refractivity contribution in [1.29, 1.82) is 0 Å². The lowest BCUT2D eigenvalue weighted by Crippen LogP contribution is -2.58. The van der Waals surface area contributed by atoms with Crippen molar-refractivity contribution in [3.8, 4) is 0 Å². The Kier molecular flexibility index (Phi) is 9.39. The van der Waals surface area contributed by atoms with Gasteiger partial charge in [0.25, 0.3) is 0 Å². The van der Waals surface area contributed by atoms with Crippen LogP contribution in [0.4, 0.5) is 0 Å². The number of esters is 1. The molecule has 8 heteroatoms. The molecule has 3 aliphatic heterocycles. The summed E-state index contributed by atoms with van der Waals surface area (Å²) in [4.78, 5) is 44.9. The second-order valence-corrected chi connectivity index (χ2v) is 10.7. The topological polar surface area (TPSA) is 96.4 Å². The number of likely N-dealkylation sites (tertiary alicyclic amines) is 1. The quantitative estimate of drug-likeness (QED) is 0.209. The molecule has 8 nitrogen and oxygen atoms in total. The molecule has 2 bridgehead atoms. The highest BCUT2D eigenvalue weighted by Gasteiger charge is 2.78. The second-order valence-electron chi connectivity index (χ2n) is 10.7. The summed E-state index contributed by atoms with van der Waals surface area (Å²) in [7, 11) is 0. The Bertz CT molecular complexity index is 846. The number of hydrogen-bond acceptors (Lipinski definition) is 6. The minimum absolute atomic E-state index is 0.0139. The SMILES string of the molecule is C=CCOC(=O)[C@@H]1[C@H]2C(=O)N(CCCCCCO)C(C(=O)N(CC=C)C(C)CCC)C23CC[C@@]1(C)O3. The van der Waals surface area contributed by atoms with Crippen molar-refractivity contribution in [3.05, 3.63) is 25.3 Å². The zero-order valence-corrected chi connectivity index (χ0v) is 22.2. The number of unbranched alkanes of at least 4 members (excludes halogenated alkanes) is 3. The molecular weight excluding hydrogens is 460 g/mol. The summed E-state index contributed by atoms with van der Waals surface area (Å²) in [5.74, 6) is -2.29. The number of carbonyl (C=O) groups excluding carboxylic acids is 3. The van der Waals surface area contributed by atoms with E-state index in [0.29, 0.717) is 38.8 Å². The van der Waals surface area contributed by atoms with Crippen LogP contribution in [0.5, 0.6) is 0 Å². The third-order valence-corrected chi connectivity index (χ3v) is 8.26. The van der Waals surface area contributed by atoms with Gasteiger partial charge in [0.05, 0.1) is 11.5 Å². The summed E-state index contributed by atoms with van der Waals surface area (Å²) in [6.07, 6.45) is 9.26. The van der Waals surface area contributed by atoms with Gasteiger partial charge in [0.1, 0.15) is 24.2 Å². The summed E-state index contributed by atoms with van der Waals surface area (Å²) in [5.41, 5.74) is -1.89. The van der Waals surface area contributed by atoms with E-state index in [2.05, 4.69) is 20.1 Å². The van der Waals surface area contributed by atoms with Crippen LogP contribution in [0.15, 0.2) is 25.3 Å². The third kappa shape index (κ3) is 4.99. The molecule has 3 aliphatic rings. The number of nitrogens with zero attached hydrogens (tertiary/aromatic N) is 2. The molecule has 3 fully saturated rings. The van der Waals surface area contributed by atoms with Crippen LogP contribution in [0.25, 0.3) is 0 Å². The largest absolute Gasteiger partial charge is 0.461 e. The molecule has 3 heterocycles. The van der Waals surface area contributed by atoms with E-state index in [1.807, 2.05) is 18.7 Å². The van der Waals surface area contributed by atoms with Crippen LogP contribution in [0.2, 0.25) is 0 Å². The molecule has 0 saturated carbocycles. The van der Waals surface area contributed by atoms with Crippen molar-refractivity contribution >= 4 is 17.8 Å². The molecule has 3 unspecified atom stereocenters. The first kappa shape index (κ1) is 28.4. The number of ether oxygens (including phenoxy) is 2. The van der Waals surface area contributed by atoms with Gasteiger partial charge >= 0.3 is 5.97 Å². The molecule has 2 amide bonds. The molecule has 0 aromatic heterocycles. The van der Waals surface area contributed by atoms with E-state index < -0.39 is 35.0 Å². The Morgan fingerprint density at radius 1 is 1.25 bits per heavy atom. The zero-order chi connectivity index (χ0) is 26.5. The van der Waals surface area contributed by atoms with Crippen LogP contribution in [0.3, 0.4) is 0 Å². The van der Waals surface area contributed by atoms with Gasteiger partial charge in [-0.1, -0.05) is 44.9 Å². The van der Waals surface area contributed by atoms with Gasteiger partial charge < -0.3 is 24.4 Å². The maximum atomic E-state index is 14.3. The van der Waals surface area contributed by atoms with Gasteiger partial charge in [-0.05, 0) is 46.0 Å². The Balaban J connectivity index is 1.98. The summed E-state index contributed by atoms with van der Waals surface area (Å²) in [6, 6.07) is -0.800. The molecule has 6 atom stereocenters. The maximum absolute atomic E-state index is 14.3. The van der Waals surface area contributed by atoms with Gasteiger partial charge in [-0.2, -0.15) is 0 Å². The van der Waals surface area contributed by atoms with Gasteiger partial charge in [-0.3, -0.25) is 14.4 Å². The fourth-order valence-corrected chi connectivity index (χ4v) is 6.64. The lowest BCUT2D eigenvalue weighted by molar-refractivity contribution is -0.159. The van der Waals surface area contributed by atoms with Gasteiger partial charge in [-0.25, -0.2) is 0 Å². The first-order valence-corrected chi connectivity index (χ1v) is 13.5. The van der Waals surface area contributed by atoms with Gasteiger partial charge in [0, 0.05) is 25.7 Å². The first-order chi connectivity index (χ1) is 17.2. The number of aliphatic hydroxyl groups excluding tert-OH is 1. The molecule has 202 valence electrons. The number of aliphatic hydroxyl groups is 1. The molecule has 0 aromatic carbocycles. The van der Waals surface area contributed by atoms with Crippen LogP contribution >= 0.6 is 0 Å². The van der Waals surface area contributed by atoms with Crippen molar-refractivity contribution in [2.24, 2.45) is 11.8 Å². The molecule has 0 radical (unpaired) electrons. The zero-order valence-electron chi connectivity index (χ0n) is 22.2. The van der Waals surface area contributed by atoms with E-state index in [-0.39, 0.29) is 31.1 Å². The molecule has 3 saturated heterocycles. The summed E-state index contributed by atoms with van der Waals surface area (Å²) >= 11 is 0. The Hall–Kier alpha value is -2.19.